The maximum absolute atomic E-state index is 12.2. The third-order valence-electron chi connectivity index (χ3n) is 3.09. The number of carbonyl (C=O) groups is 1. The monoisotopic (exact) mass is 272 g/mol. The lowest BCUT2D eigenvalue weighted by molar-refractivity contribution is 0.101. The van der Waals surface area contributed by atoms with Gasteiger partial charge in [-0.25, -0.2) is 0 Å². The minimum absolute atomic E-state index is 0.149. The Balaban J connectivity index is 2.09. The molecule has 5 nitrogen and oxygen atoms in total. The number of hydrogen-bond donors (Lipinski definition) is 2. The molecule has 1 aromatic carbocycles. The summed E-state index contributed by atoms with van der Waals surface area (Å²) in [4.78, 5) is 12.2. The first-order valence-corrected chi connectivity index (χ1v) is 6.71. The Bertz CT molecular complexity index is 604. The van der Waals surface area contributed by atoms with E-state index in [0.717, 1.165) is 24.2 Å². The smallest absolute Gasteiger partial charge is 0.273 e. The number of nitrogens with one attached hydrogen (secondary N) is 1. The van der Waals surface area contributed by atoms with E-state index >= 15 is 0 Å². The van der Waals surface area contributed by atoms with E-state index in [1.807, 2.05) is 31.2 Å². The first-order chi connectivity index (χ1) is 9.60. The fraction of sp³-hybridized carbons (Fsp3) is 0.333. The lowest BCUT2D eigenvalue weighted by atomic mass is 10.1. The van der Waals surface area contributed by atoms with E-state index in [9.17, 15) is 4.79 Å². The number of carbonyl (C=O) groups excluding carboxylic acids is 1. The van der Waals surface area contributed by atoms with Crippen molar-refractivity contribution in [2.24, 2.45) is 12.8 Å². The van der Waals surface area contributed by atoms with E-state index in [1.54, 1.807) is 17.8 Å². The number of aromatic nitrogens is 2. The molecule has 1 aromatic heterocycles. The first kappa shape index (κ1) is 14.3. The molecule has 20 heavy (non-hydrogen) atoms. The van der Waals surface area contributed by atoms with Crippen LogP contribution in [0.3, 0.4) is 0 Å². The van der Waals surface area contributed by atoms with Gasteiger partial charge in [-0.2, -0.15) is 5.10 Å². The first-order valence-electron chi connectivity index (χ1n) is 6.71. The van der Waals surface area contributed by atoms with Gasteiger partial charge in [0.1, 0.15) is 5.69 Å². The van der Waals surface area contributed by atoms with E-state index in [2.05, 4.69) is 10.4 Å². The van der Waals surface area contributed by atoms with Gasteiger partial charge in [0.15, 0.2) is 0 Å². The molecule has 2 rings (SSSR count). The SMILES string of the molecule is Cc1cc(C(=O)Nc2cccc(CCCN)c2)n(C)n1. The van der Waals surface area contributed by atoms with E-state index in [4.69, 9.17) is 5.73 Å². The normalized spacial score (nSPS) is 10.6. The number of rotatable bonds is 5. The summed E-state index contributed by atoms with van der Waals surface area (Å²) < 4.78 is 1.59. The summed E-state index contributed by atoms with van der Waals surface area (Å²) in [6.07, 6.45) is 1.86. The molecule has 1 heterocycles. The topological polar surface area (TPSA) is 72.9 Å². The number of aryl methyl sites for hydroxylation is 3. The summed E-state index contributed by atoms with van der Waals surface area (Å²) in [7, 11) is 1.76. The Kier molecular flexibility index (Phi) is 4.53. The Hall–Kier alpha value is -2.14. The number of amides is 1. The molecular weight excluding hydrogens is 252 g/mol. The fourth-order valence-corrected chi connectivity index (χ4v) is 2.13. The molecule has 0 spiro atoms. The van der Waals surface area contributed by atoms with Crippen LogP contribution in [0.15, 0.2) is 30.3 Å². The fourth-order valence-electron chi connectivity index (χ4n) is 2.13. The molecule has 0 saturated heterocycles. The number of benzene rings is 1. The molecule has 2 aromatic rings. The maximum atomic E-state index is 12.2. The summed E-state index contributed by atoms with van der Waals surface area (Å²) in [6, 6.07) is 9.62. The van der Waals surface area contributed by atoms with Gasteiger partial charge in [-0.05, 0) is 50.1 Å². The van der Waals surface area contributed by atoms with Crippen molar-refractivity contribution in [3.05, 3.63) is 47.3 Å². The van der Waals surface area contributed by atoms with Crippen LogP contribution < -0.4 is 11.1 Å². The second-order valence-corrected chi connectivity index (χ2v) is 4.84. The Labute approximate surface area is 118 Å². The quantitative estimate of drug-likeness (QED) is 0.872. The predicted octanol–water partition coefficient (Wildman–Crippen LogP) is 1.87. The van der Waals surface area contributed by atoms with Crippen molar-refractivity contribution in [3.63, 3.8) is 0 Å². The second-order valence-electron chi connectivity index (χ2n) is 4.84. The minimum atomic E-state index is -0.149. The molecule has 0 aliphatic rings. The number of nitrogens with two attached hydrogens (primary N) is 1. The molecule has 0 aliphatic heterocycles. The zero-order chi connectivity index (χ0) is 14.5. The Morgan fingerprint density at radius 1 is 1.40 bits per heavy atom. The summed E-state index contributed by atoms with van der Waals surface area (Å²) in [5.41, 5.74) is 8.86. The molecule has 106 valence electrons. The van der Waals surface area contributed by atoms with Crippen LogP contribution in [-0.2, 0) is 13.5 Å². The Morgan fingerprint density at radius 2 is 2.20 bits per heavy atom. The third kappa shape index (κ3) is 3.45. The number of nitrogens with zero attached hydrogens (tertiary/aromatic N) is 2. The molecule has 0 bridgehead atoms. The van der Waals surface area contributed by atoms with Crippen LogP contribution in [0, 0.1) is 6.92 Å². The standard InChI is InChI=1S/C15H20N4O/c1-11-9-14(19(2)18-11)15(20)17-13-7-3-5-12(10-13)6-4-8-16/h3,5,7,9-10H,4,6,8,16H2,1-2H3,(H,17,20). The van der Waals surface area contributed by atoms with Crippen molar-refractivity contribution in [2.75, 3.05) is 11.9 Å². The molecule has 0 unspecified atom stereocenters. The highest BCUT2D eigenvalue weighted by Crippen LogP contribution is 2.14. The highest BCUT2D eigenvalue weighted by atomic mass is 16.2. The van der Waals surface area contributed by atoms with E-state index < -0.39 is 0 Å². The predicted molar refractivity (Wildman–Crippen MR) is 79.7 cm³/mol. The van der Waals surface area contributed by atoms with Gasteiger partial charge in [-0.3, -0.25) is 9.48 Å². The van der Waals surface area contributed by atoms with Crippen LogP contribution in [0.5, 0.6) is 0 Å². The van der Waals surface area contributed by atoms with Gasteiger partial charge >= 0.3 is 0 Å². The van der Waals surface area contributed by atoms with Gasteiger partial charge in [0.25, 0.3) is 5.91 Å². The second kappa shape index (κ2) is 6.34. The van der Waals surface area contributed by atoms with E-state index in [-0.39, 0.29) is 5.91 Å². The van der Waals surface area contributed by atoms with E-state index in [1.165, 1.54) is 5.56 Å². The molecule has 0 radical (unpaired) electrons. The van der Waals surface area contributed by atoms with Gasteiger partial charge in [0.05, 0.1) is 5.69 Å². The van der Waals surface area contributed by atoms with Gasteiger partial charge in [-0.15, -0.1) is 0 Å². The summed E-state index contributed by atoms with van der Waals surface area (Å²) >= 11 is 0. The number of anilines is 1. The highest BCUT2D eigenvalue weighted by Gasteiger charge is 2.11. The molecule has 0 aliphatic carbocycles. The van der Waals surface area contributed by atoms with Crippen LogP contribution in [0.1, 0.15) is 28.2 Å². The van der Waals surface area contributed by atoms with Gasteiger partial charge in [0.2, 0.25) is 0 Å². The largest absolute Gasteiger partial charge is 0.330 e. The zero-order valence-corrected chi connectivity index (χ0v) is 11.9. The highest BCUT2D eigenvalue weighted by molar-refractivity contribution is 6.03. The van der Waals surface area contributed by atoms with Gasteiger partial charge < -0.3 is 11.1 Å². The summed E-state index contributed by atoms with van der Waals surface area (Å²) in [5.74, 6) is -0.149. The van der Waals surface area contributed by atoms with Crippen molar-refractivity contribution >= 4 is 11.6 Å². The van der Waals surface area contributed by atoms with Crippen LogP contribution in [0.4, 0.5) is 5.69 Å². The molecular formula is C15H20N4O. The third-order valence-corrected chi connectivity index (χ3v) is 3.09. The van der Waals surface area contributed by atoms with Gasteiger partial charge in [-0.1, -0.05) is 12.1 Å². The minimum Gasteiger partial charge on any atom is -0.330 e. The molecule has 3 N–H and O–H groups in total. The van der Waals surface area contributed by atoms with Crippen molar-refractivity contribution in [2.45, 2.75) is 19.8 Å². The molecule has 0 atom stereocenters. The average Bonchev–Trinajstić information content (AvgIpc) is 2.76. The summed E-state index contributed by atoms with van der Waals surface area (Å²) in [6.45, 7) is 2.54. The van der Waals surface area contributed by atoms with Crippen molar-refractivity contribution < 1.29 is 4.79 Å². The molecule has 0 fully saturated rings. The molecule has 0 saturated carbocycles. The lowest BCUT2D eigenvalue weighted by Gasteiger charge is -2.07. The average molecular weight is 272 g/mol. The van der Waals surface area contributed by atoms with Crippen LogP contribution in [0.25, 0.3) is 0 Å². The van der Waals surface area contributed by atoms with Crippen LogP contribution in [-0.4, -0.2) is 22.2 Å². The lowest BCUT2D eigenvalue weighted by Crippen LogP contribution is -2.16. The van der Waals surface area contributed by atoms with Crippen LogP contribution in [0.2, 0.25) is 0 Å². The zero-order valence-electron chi connectivity index (χ0n) is 11.9. The summed E-state index contributed by atoms with van der Waals surface area (Å²) in [5, 5.41) is 7.07. The van der Waals surface area contributed by atoms with E-state index in [0.29, 0.717) is 12.2 Å². The Morgan fingerprint density at radius 3 is 2.85 bits per heavy atom. The van der Waals surface area contributed by atoms with Crippen molar-refractivity contribution in [3.8, 4) is 0 Å². The number of hydrogen-bond acceptors (Lipinski definition) is 3. The molecule has 5 heteroatoms. The van der Waals surface area contributed by atoms with Crippen molar-refractivity contribution in [1.82, 2.24) is 9.78 Å². The van der Waals surface area contributed by atoms with Crippen molar-refractivity contribution in [1.29, 1.82) is 0 Å². The van der Waals surface area contributed by atoms with Gasteiger partial charge in [0, 0.05) is 12.7 Å². The maximum Gasteiger partial charge on any atom is 0.273 e. The van der Waals surface area contributed by atoms with Crippen LogP contribution >= 0.6 is 0 Å². The molecule has 1 amide bonds.